The maximum Gasteiger partial charge on any atom is 0.328 e. The Balaban J connectivity index is 2.31. The van der Waals surface area contributed by atoms with Crippen LogP contribution in [0.4, 0.5) is 5.88 Å². The zero-order valence-corrected chi connectivity index (χ0v) is 7.28. The van der Waals surface area contributed by atoms with Gasteiger partial charge in [-0.1, -0.05) is 6.08 Å². The maximum absolute atomic E-state index is 10.1. The van der Waals surface area contributed by atoms with Gasteiger partial charge >= 0.3 is 5.97 Å². The lowest BCUT2D eigenvalue weighted by Gasteiger charge is -1.95. The molecule has 1 aromatic heterocycles. The van der Waals surface area contributed by atoms with Crippen LogP contribution in [0.3, 0.4) is 0 Å². The Bertz CT molecular complexity index is 314. The van der Waals surface area contributed by atoms with Gasteiger partial charge in [0.2, 0.25) is 0 Å². The van der Waals surface area contributed by atoms with Crippen molar-refractivity contribution in [3.05, 3.63) is 30.0 Å². The molecule has 0 bridgehead atoms. The first-order valence-corrected chi connectivity index (χ1v) is 3.88. The molecule has 0 aliphatic rings. The lowest BCUT2D eigenvalue weighted by atomic mass is 10.5. The standard InChI is InChI=1S/C9H11NO3/c1-7-4-5-8(13-7)10-6-2-3-9(11)12/h2-5,10H,6H2,1H3,(H,11,12)/b3-2+. The molecule has 4 heteroatoms. The molecule has 1 heterocycles. The number of aliphatic carboxylic acids is 1. The maximum atomic E-state index is 10.1. The van der Waals surface area contributed by atoms with Gasteiger partial charge in [-0.25, -0.2) is 4.79 Å². The van der Waals surface area contributed by atoms with Crippen molar-refractivity contribution in [1.82, 2.24) is 0 Å². The van der Waals surface area contributed by atoms with Gasteiger partial charge in [-0.05, 0) is 13.0 Å². The summed E-state index contributed by atoms with van der Waals surface area (Å²) in [6, 6.07) is 3.63. The molecule has 0 aliphatic heterocycles. The lowest BCUT2D eigenvalue weighted by Crippen LogP contribution is -1.97. The highest BCUT2D eigenvalue weighted by atomic mass is 16.4. The third kappa shape index (κ3) is 3.46. The first-order valence-electron chi connectivity index (χ1n) is 3.88. The van der Waals surface area contributed by atoms with Crippen LogP contribution in [0.25, 0.3) is 0 Å². The summed E-state index contributed by atoms with van der Waals surface area (Å²) in [7, 11) is 0. The van der Waals surface area contributed by atoms with E-state index in [1.54, 1.807) is 6.07 Å². The zero-order chi connectivity index (χ0) is 9.68. The quantitative estimate of drug-likeness (QED) is 0.693. The summed E-state index contributed by atoms with van der Waals surface area (Å²) in [6.07, 6.45) is 2.60. The van der Waals surface area contributed by atoms with E-state index in [9.17, 15) is 4.79 Å². The minimum absolute atomic E-state index is 0.444. The molecule has 0 saturated carbocycles. The van der Waals surface area contributed by atoms with Crippen molar-refractivity contribution in [3.63, 3.8) is 0 Å². The van der Waals surface area contributed by atoms with Crippen molar-refractivity contribution in [2.24, 2.45) is 0 Å². The first kappa shape index (κ1) is 9.38. The SMILES string of the molecule is Cc1ccc(NC/C=C/C(=O)O)o1. The fraction of sp³-hybridized carbons (Fsp3) is 0.222. The van der Waals surface area contributed by atoms with E-state index in [-0.39, 0.29) is 0 Å². The summed E-state index contributed by atoms with van der Waals surface area (Å²) in [4.78, 5) is 10.1. The van der Waals surface area contributed by atoms with Gasteiger partial charge in [0.15, 0.2) is 5.88 Å². The van der Waals surface area contributed by atoms with Crippen LogP contribution in [0.1, 0.15) is 5.76 Å². The number of aryl methyl sites for hydroxylation is 1. The molecule has 4 nitrogen and oxygen atoms in total. The van der Waals surface area contributed by atoms with Crippen molar-refractivity contribution >= 4 is 11.9 Å². The molecule has 13 heavy (non-hydrogen) atoms. The molecular formula is C9H11NO3. The summed E-state index contributed by atoms with van der Waals surface area (Å²) in [5.74, 6) is 0.523. The van der Waals surface area contributed by atoms with E-state index in [4.69, 9.17) is 9.52 Å². The van der Waals surface area contributed by atoms with E-state index in [2.05, 4.69) is 5.32 Å². The summed E-state index contributed by atoms with van der Waals surface area (Å²) in [6.45, 7) is 2.29. The van der Waals surface area contributed by atoms with Crippen LogP contribution in [0.15, 0.2) is 28.7 Å². The van der Waals surface area contributed by atoms with E-state index in [0.29, 0.717) is 12.4 Å². The molecule has 70 valence electrons. The Morgan fingerprint density at radius 2 is 2.46 bits per heavy atom. The van der Waals surface area contributed by atoms with E-state index >= 15 is 0 Å². The normalized spacial score (nSPS) is 10.5. The van der Waals surface area contributed by atoms with E-state index in [1.165, 1.54) is 6.08 Å². The fourth-order valence-corrected chi connectivity index (χ4v) is 0.849. The molecule has 0 unspecified atom stereocenters. The van der Waals surface area contributed by atoms with E-state index in [0.717, 1.165) is 11.8 Å². The average molecular weight is 181 g/mol. The fourth-order valence-electron chi connectivity index (χ4n) is 0.849. The Hall–Kier alpha value is -1.71. The Morgan fingerprint density at radius 3 is 3.00 bits per heavy atom. The summed E-state index contributed by atoms with van der Waals surface area (Å²) < 4.78 is 5.20. The number of furan rings is 1. The molecule has 0 aromatic carbocycles. The Kier molecular flexibility index (Phi) is 3.14. The second kappa shape index (κ2) is 4.35. The van der Waals surface area contributed by atoms with Gasteiger partial charge < -0.3 is 14.8 Å². The van der Waals surface area contributed by atoms with Crippen molar-refractivity contribution in [1.29, 1.82) is 0 Å². The molecule has 0 spiro atoms. The van der Waals surface area contributed by atoms with Crippen LogP contribution in [0, 0.1) is 6.92 Å². The van der Waals surface area contributed by atoms with Gasteiger partial charge in [0.05, 0.1) is 0 Å². The van der Waals surface area contributed by atoms with Crippen LogP contribution in [0.5, 0.6) is 0 Å². The van der Waals surface area contributed by atoms with Crippen LogP contribution in [-0.2, 0) is 4.79 Å². The highest BCUT2D eigenvalue weighted by molar-refractivity contribution is 5.79. The largest absolute Gasteiger partial charge is 0.478 e. The molecule has 0 saturated heterocycles. The molecule has 0 atom stereocenters. The molecule has 2 N–H and O–H groups in total. The van der Waals surface area contributed by atoms with E-state index in [1.807, 2.05) is 13.0 Å². The highest BCUT2D eigenvalue weighted by Gasteiger charge is 1.94. The van der Waals surface area contributed by atoms with Crippen LogP contribution < -0.4 is 5.32 Å². The molecule has 1 rings (SSSR count). The molecule has 1 aromatic rings. The zero-order valence-electron chi connectivity index (χ0n) is 7.28. The van der Waals surface area contributed by atoms with Crippen molar-refractivity contribution in [2.45, 2.75) is 6.92 Å². The number of rotatable bonds is 4. The number of anilines is 1. The highest BCUT2D eigenvalue weighted by Crippen LogP contribution is 2.10. The van der Waals surface area contributed by atoms with Crippen LogP contribution in [-0.4, -0.2) is 17.6 Å². The number of nitrogens with one attached hydrogen (secondary N) is 1. The molecule has 0 fully saturated rings. The predicted octanol–water partition coefficient (Wildman–Crippen LogP) is 1.64. The summed E-state index contributed by atoms with van der Waals surface area (Å²) in [5, 5.41) is 11.2. The second-order valence-corrected chi connectivity index (χ2v) is 2.53. The lowest BCUT2D eigenvalue weighted by molar-refractivity contribution is -0.131. The summed E-state index contributed by atoms with van der Waals surface area (Å²) in [5.41, 5.74) is 0. The molecular weight excluding hydrogens is 170 g/mol. The first-order chi connectivity index (χ1) is 6.18. The van der Waals surface area contributed by atoms with Gasteiger partial charge in [0.1, 0.15) is 5.76 Å². The number of hydrogen-bond donors (Lipinski definition) is 2. The number of carboxylic acid groups (broad SMARTS) is 1. The predicted molar refractivity (Wildman–Crippen MR) is 48.7 cm³/mol. The van der Waals surface area contributed by atoms with E-state index < -0.39 is 5.97 Å². The molecule has 0 aliphatic carbocycles. The Morgan fingerprint density at radius 1 is 1.69 bits per heavy atom. The third-order valence-electron chi connectivity index (χ3n) is 1.39. The minimum Gasteiger partial charge on any atom is -0.478 e. The number of carbonyl (C=O) groups is 1. The minimum atomic E-state index is -0.947. The number of carboxylic acids is 1. The summed E-state index contributed by atoms with van der Waals surface area (Å²) >= 11 is 0. The second-order valence-electron chi connectivity index (χ2n) is 2.53. The third-order valence-corrected chi connectivity index (χ3v) is 1.39. The Labute approximate surface area is 75.9 Å². The van der Waals surface area contributed by atoms with Crippen molar-refractivity contribution in [3.8, 4) is 0 Å². The smallest absolute Gasteiger partial charge is 0.328 e. The van der Waals surface area contributed by atoms with Crippen molar-refractivity contribution in [2.75, 3.05) is 11.9 Å². The van der Waals surface area contributed by atoms with Crippen LogP contribution in [0.2, 0.25) is 0 Å². The van der Waals surface area contributed by atoms with Gasteiger partial charge in [0.25, 0.3) is 0 Å². The topological polar surface area (TPSA) is 62.5 Å². The van der Waals surface area contributed by atoms with Gasteiger partial charge in [-0.15, -0.1) is 0 Å². The van der Waals surface area contributed by atoms with Gasteiger partial charge in [-0.2, -0.15) is 0 Å². The molecule has 0 radical (unpaired) electrons. The molecule has 0 amide bonds. The van der Waals surface area contributed by atoms with Crippen molar-refractivity contribution < 1.29 is 14.3 Å². The number of hydrogen-bond acceptors (Lipinski definition) is 3. The monoisotopic (exact) mass is 181 g/mol. The van der Waals surface area contributed by atoms with Gasteiger partial charge in [0, 0.05) is 18.7 Å². The average Bonchev–Trinajstić information content (AvgIpc) is 2.45. The van der Waals surface area contributed by atoms with Crippen LogP contribution >= 0.6 is 0 Å². The van der Waals surface area contributed by atoms with Gasteiger partial charge in [-0.3, -0.25) is 0 Å².